The number of rotatable bonds is 3. The molecule has 1 heterocycles. The van der Waals surface area contributed by atoms with E-state index in [1.165, 1.54) is 12.8 Å². The van der Waals surface area contributed by atoms with E-state index in [0.717, 1.165) is 0 Å². The SMILES string of the molecule is CNc1nc(NC2CC2)c(Cl)cc1Cl. The smallest absolute Gasteiger partial charge is 0.147 e. The van der Waals surface area contributed by atoms with Crippen LogP contribution in [0.25, 0.3) is 0 Å². The molecule has 5 heteroatoms. The minimum absolute atomic E-state index is 0.533. The maximum Gasteiger partial charge on any atom is 0.147 e. The molecule has 0 bridgehead atoms. The Balaban J connectivity index is 2.27. The van der Waals surface area contributed by atoms with Crippen LogP contribution in [0.4, 0.5) is 11.6 Å². The average Bonchev–Trinajstić information content (AvgIpc) is 2.93. The molecule has 0 atom stereocenters. The number of halogens is 2. The molecule has 0 saturated heterocycles. The minimum Gasteiger partial charge on any atom is -0.372 e. The Kier molecular flexibility index (Phi) is 2.70. The summed E-state index contributed by atoms with van der Waals surface area (Å²) < 4.78 is 0. The van der Waals surface area contributed by atoms with E-state index >= 15 is 0 Å². The predicted octanol–water partition coefficient (Wildman–Crippen LogP) is 3.00. The van der Waals surface area contributed by atoms with Crippen LogP contribution in [0.15, 0.2) is 6.07 Å². The molecule has 0 radical (unpaired) electrons. The van der Waals surface area contributed by atoms with E-state index in [-0.39, 0.29) is 0 Å². The lowest BCUT2D eigenvalue weighted by atomic mass is 10.4. The molecule has 76 valence electrons. The van der Waals surface area contributed by atoms with Crippen molar-refractivity contribution < 1.29 is 0 Å². The van der Waals surface area contributed by atoms with Gasteiger partial charge in [0.1, 0.15) is 11.6 Å². The second kappa shape index (κ2) is 3.83. The zero-order chi connectivity index (χ0) is 10.1. The van der Waals surface area contributed by atoms with Crippen molar-refractivity contribution in [3.8, 4) is 0 Å². The molecule has 3 nitrogen and oxygen atoms in total. The molecule has 0 aliphatic heterocycles. The third kappa shape index (κ3) is 2.04. The number of hydrogen-bond donors (Lipinski definition) is 2. The van der Waals surface area contributed by atoms with Gasteiger partial charge in [0.2, 0.25) is 0 Å². The molecule has 1 saturated carbocycles. The first-order valence-electron chi connectivity index (χ1n) is 4.51. The molecule has 2 rings (SSSR count). The Morgan fingerprint density at radius 1 is 1.29 bits per heavy atom. The van der Waals surface area contributed by atoms with Crippen LogP contribution in [-0.2, 0) is 0 Å². The fourth-order valence-electron chi connectivity index (χ4n) is 1.16. The maximum absolute atomic E-state index is 5.99. The number of anilines is 2. The van der Waals surface area contributed by atoms with E-state index in [4.69, 9.17) is 23.2 Å². The van der Waals surface area contributed by atoms with Gasteiger partial charge in [-0.05, 0) is 18.9 Å². The summed E-state index contributed by atoms with van der Waals surface area (Å²) in [7, 11) is 1.78. The molecule has 0 aromatic carbocycles. The van der Waals surface area contributed by atoms with Gasteiger partial charge in [-0.2, -0.15) is 0 Å². The van der Waals surface area contributed by atoms with Crippen molar-refractivity contribution in [2.75, 3.05) is 17.7 Å². The molecular formula is C9H11Cl2N3. The molecule has 1 aromatic rings. The van der Waals surface area contributed by atoms with E-state index in [2.05, 4.69) is 15.6 Å². The quantitative estimate of drug-likeness (QED) is 0.841. The summed E-state index contributed by atoms with van der Waals surface area (Å²) in [5.41, 5.74) is 0. The van der Waals surface area contributed by atoms with Crippen LogP contribution >= 0.6 is 23.2 Å². The van der Waals surface area contributed by atoms with Crippen LogP contribution < -0.4 is 10.6 Å². The van der Waals surface area contributed by atoms with Crippen molar-refractivity contribution >= 4 is 34.8 Å². The zero-order valence-electron chi connectivity index (χ0n) is 7.77. The van der Waals surface area contributed by atoms with Gasteiger partial charge in [0.05, 0.1) is 10.0 Å². The lowest BCUT2D eigenvalue weighted by Gasteiger charge is -2.09. The molecule has 0 spiro atoms. The van der Waals surface area contributed by atoms with Crippen molar-refractivity contribution in [1.82, 2.24) is 4.98 Å². The second-order valence-electron chi connectivity index (χ2n) is 3.32. The van der Waals surface area contributed by atoms with Gasteiger partial charge in [-0.25, -0.2) is 4.98 Å². The molecule has 1 aliphatic rings. The summed E-state index contributed by atoms with van der Waals surface area (Å²) in [5, 5.41) is 7.27. The zero-order valence-corrected chi connectivity index (χ0v) is 9.28. The van der Waals surface area contributed by atoms with Crippen molar-refractivity contribution in [3.05, 3.63) is 16.1 Å². The van der Waals surface area contributed by atoms with Crippen LogP contribution in [0.5, 0.6) is 0 Å². The van der Waals surface area contributed by atoms with Gasteiger partial charge in [-0.1, -0.05) is 23.2 Å². The highest BCUT2D eigenvalue weighted by Gasteiger charge is 2.22. The molecule has 1 aromatic heterocycles. The normalized spacial score (nSPS) is 15.4. The average molecular weight is 232 g/mol. The monoisotopic (exact) mass is 231 g/mol. The molecule has 2 N–H and O–H groups in total. The Bertz CT molecular complexity index is 350. The standard InChI is InChI=1S/C9H11Cl2N3/c1-12-8-6(10)4-7(11)9(14-8)13-5-2-3-5/h4-5H,2-3H2,1H3,(H2,12,13,14). The van der Waals surface area contributed by atoms with Crippen molar-refractivity contribution in [1.29, 1.82) is 0 Å². The van der Waals surface area contributed by atoms with E-state index in [1.54, 1.807) is 13.1 Å². The van der Waals surface area contributed by atoms with E-state index < -0.39 is 0 Å². The van der Waals surface area contributed by atoms with Gasteiger partial charge in [0.15, 0.2) is 0 Å². The summed E-state index contributed by atoms with van der Waals surface area (Å²) in [5.74, 6) is 1.36. The summed E-state index contributed by atoms with van der Waals surface area (Å²) >= 11 is 11.9. The Hall–Kier alpha value is -0.670. The maximum atomic E-state index is 5.99. The fourth-order valence-corrected chi connectivity index (χ4v) is 1.67. The molecule has 1 fully saturated rings. The van der Waals surface area contributed by atoms with Gasteiger partial charge in [-0.15, -0.1) is 0 Å². The topological polar surface area (TPSA) is 37.0 Å². The second-order valence-corrected chi connectivity index (χ2v) is 4.13. The van der Waals surface area contributed by atoms with Gasteiger partial charge in [0.25, 0.3) is 0 Å². The highest BCUT2D eigenvalue weighted by Crippen LogP contribution is 2.32. The van der Waals surface area contributed by atoms with Crippen molar-refractivity contribution in [3.63, 3.8) is 0 Å². The lowest BCUT2D eigenvalue weighted by Crippen LogP contribution is -2.05. The van der Waals surface area contributed by atoms with Crippen LogP contribution in [0.3, 0.4) is 0 Å². The number of hydrogen-bond acceptors (Lipinski definition) is 3. The van der Waals surface area contributed by atoms with E-state index in [9.17, 15) is 0 Å². The summed E-state index contributed by atoms with van der Waals surface area (Å²) in [6, 6.07) is 2.23. The first-order valence-corrected chi connectivity index (χ1v) is 5.26. The molecule has 1 aliphatic carbocycles. The van der Waals surface area contributed by atoms with Crippen LogP contribution in [0, 0.1) is 0 Å². The largest absolute Gasteiger partial charge is 0.372 e. The third-order valence-corrected chi connectivity index (χ3v) is 2.66. The van der Waals surface area contributed by atoms with Gasteiger partial charge < -0.3 is 10.6 Å². The van der Waals surface area contributed by atoms with Gasteiger partial charge >= 0.3 is 0 Å². The van der Waals surface area contributed by atoms with E-state index in [0.29, 0.717) is 27.7 Å². The molecule has 0 amide bonds. The number of pyridine rings is 1. The first-order chi connectivity index (χ1) is 6.70. The number of nitrogens with zero attached hydrogens (tertiary/aromatic N) is 1. The molecular weight excluding hydrogens is 221 g/mol. The van der Waals surface area contributed by atoms with E-state index in [1.807, 2.05) is 0 Å². The van der Waals surface area contributed by atoms with Crippen molar-refractivity contribution in [2.45, 2.75) is 18.9 Å². The van der Waals surface area contributed by atoms with Crippen LogP contribution in [0.1, 0.15) is 12.8 Å². The predicted molar refractivity (Wildman–Crippen MR) is 60.4 cm³/mol. The lowest BCUT2D eigenvalue weighted by molar-refractivity contribution is 1.11. The molecule has 0 unspecified atom stereocenters. The fraction of sp³-hybridized carbons (Fsp3) is 0.444. The Morgan fingerprint density at radius 2 is 1.93 bits per heavy atom. The highest BCUT2D eigenvalue weighted by molar-refractivity contribution is 6.37. The first kappa shape index (κ1) is 9.87. The van der Waals surface area contributed by atoms with Crippen LogP contribution in [0.2, 0.25) is 10.0 Å². The van der Waals surface area contributed by atoms with Gasteiger partial charge in [-0.3, -0.25) is 0 Å². The Labute approximate surface area is 92.8 Å². The summed E-state index contributed by atoms with van der Waals surface area (Å²) in [6.45, 7) is 0. The van der Waals surface area contributed by atoms with Crippen molar-refractivity contribution in [2.24, 2.45) is 0 Å². The summed E-state index contributed by atoms with van der Waals surface area (Å²) in [6.07, 6.45) is 2.38. The third-order valence-electron chi connectivity index (χ3n) is 2.08. The van der Waals surface area contributed by atoms with Crippen LogP contribution in [-0.4, -0.2) is 18.1 Å². The minimum atomic E-state index is 0.533. The highest BCUT2D eigenvalue weighted by atomic mass is 35.5. The molecule has 14 heavy (non-hydrogen) atoms. The summed E-state index contributed by atoms with van der Waals surface area (Å²) in [4.78, 5) is 4.28. The number of aromatic nitrogens is 1. The Morgan fingerprint density at radius 3 is 2.50 bits per heavy atom. The van der Waals surface area contributed by atoms with Gasteiger partial charge in [0, 0.05) is 13.1 Å². The number of nitrogens with one attached hydrogen (secondary N) is 2.